The van der Waals surface area contributed by atoms with E-state index in [2.05, 4.69) is 29.9 Å². The third-order valence-electron chi connectivity index (χ3n) is 4.52. The maximum absolute atomic E-state index is 12.7. The quantitative estimate of drug-likeness (QED) is 0.581. The number of hydrogen-bond acceptors (Lipinski definition) is 9. The van der Waals surface area contributed by atoms with Crippen LogP contribution in [0.25, 0.3) is 11.4 Å². The maximum atomic E-state index is 12.7. The number of fused-ring (bicyclic) bond motifs is 3. The molecule has 0 saturated carbocycles. The summed E-state index contributed by atoms with van der Waals surface area (Å²) in [7, 11) is -2.16. The van der Waals surface area contributed by atoms with E-state index < -0.39 is 10.0 Å². The Labute approximate surface area is 173 Å². The Morgan fingerprint density at radius 2 is 2.07 bits per heavy atom. The van der Waals surface area contributed by atoms with Gasteiger partial charge in [0.05, 0.1) is 24.0 Å². The van der Waals surface area contributed by atoms with Crippen LogP contribution in [0.4, 0.5) is 5.95 Å². The number of methoxy groups -OCH3 is 1. The van der Waals surface area contributed by atoms with Crippen LogP contribution in [0.5, 0.6) is 5.88 Å². The number of hydrogen-bond donors (Lipinski definition) is 1. The molecule has 4 heterocycles. The molecular formula is C18H21N7O4S. The Kier molecular flexibility index (Phi) is 5.59. The SMILES string of the molecule is COC[C@H]1COc2ncccc2-c2nnc(NS(=O)(=O)CCc3ncc(C)cn3)n21. The average Bonchev–Trinajstić information content (AvgIpc) is 3.06. The zero-order valence-electron chi connectivity index (χ0n) is 16.5. The molecule has 0 fully saturated rings. The number of aryl methyl sites for hydroxylation is 2. The second kappa shape index (κ2) is 8.32. The second-order valence-electron chi connectivity index (χ2n) is 6.84. The van der Waals surface area contributed by atoms with Gasteiger partial charge in [-0.15, -0.1) is 10.2 Å². The number of nitrogens with zero attached hydrogens (tertiary/aromatic N) is 6. The summed E-state index contributed by atoms with van der Waals surface area (Å²) in [5.74, 6) is 1.23. The molecule has 0 aliphatic carbocycles. The van der Waals surface area contributed by atoms with E-state index in [0.717, 1.165) is 5.56 Å². The van der Waals surface area contributed by atoms with E-state index in [0.29, 0.717) is 23.1 Å². The van der Waals surface area contributed by atoms with Crippen LogP contribution in [0.2, 0.25) is 0 Å². The molecule has 1 N–H and O–H groups in total. The van der Waals surface area contributed by atoms with Crippen molar-refractivity contribution in [3.05, 3.63) is 42.1 Å². The van der Waals surface area contributed by atoms with Crippen molar-refractivity contribution in [3.8, 4) is 17.3 Å². The lowest BCUT2D eigenvalue weighted by molar-refractivity contribution is 0.125. The van der Waals surface area contributed by atoms with Crippen molar-refractivity contribution >= 4 is 16.0 Å². The van der Waals surface area contributed by atoms with E-state index in [1.807, 2.05) is 6.92 Å². The predicted molar refractivity (Wildman–Crippen MR) is 108 cm³/mol. The Morgan fingerprint density at radius 3 is 2.83 bits per heavy atom. The van der Waals surface area contributed by atoms with Crippen molar-refractivity contribution in [2.24, 2.45) is 0 Å². The third-order valence-corrected chi connectivity index (χ3v) is 5.76. The molecule has 0 amide bonds. The topological polar surface area (TPSA) is 134 Å². The summed E-state index contributed by atoms with van der Waals surface area (Å²) in [5.41, 5.74) is 1.54. The van der Waals surface area contributed by atoms with Crippen molar-refractivity contribution in [2.75, 3.05) is 30.8 Å². The van der Waals surface area contributed by atoms with Crippen LogP contribution in [0.1, 0.15) is 17.4 Å². The summed E-state index contributed by atoms with van der Waals surface area (Å²) in [5, 5.41) is 8.26. The molecule has 30 heavy (non-hydrogen) atoms. The normalized spacial score (nSPS) is 15.6. The zero-order chi connectivity index (χ0) is 21.1. The van der Waals surface area contributed by atoms with Crippen LogP contribution in [0.15, 0.2) is 30.7 Å². The smallest absolute Gasteiger partial charge is 0.239 e. The maximum Gasteiger partial charge on any atom is 0.239 e. The van der Waals surface area contributed by atoms with Gasteiger partial charge in [-0.25, -0.2) is 23.4 Å². The van der Waals surface area contributed by atoms with Gasteiger partial charge < -0.3 is 9.47 Å². The average molecular weight is 431 g/mol. The molecule has 0 spiro atoms. The minimum absolute atomic E-state index is 0.0946. The number of ether oxygens (including phenoxy) is 2. The van der Waals surface area contributed by atoms with Crippen LogP contribution in [-0.4, -0.2) is 64.2 Å². The molecule has 4 rings (SSSR count). The molecule has 0 saturated heterocycles. The van der Waals surface area contributed by atoms with E-state index >= 15 is 0 Å². The zero-order valence-corrected chi connectivity index (χ0v) is 17.3. The first kappa shape index (κ1) is 20.2. The van der Waals surface area contributed by atoms with E-state index in [-0.39, 0.29) is 37.4 Å². The van der Waals surface area contributed by atoms with E-state index in [1.54, 1.807) is 42.4 Å². The molecule has 1 aliphatic heterocycles. The van der Waals surface area contributed by atoms with Crippen molar-refractivity contribution in [3.63, 3.8) is 0 Å². The monoisotopic (exact) mass is 431 g/mol. The molecule has 12 heteroatoms. The molecule has 0 aromatic carbocycles. The van der Waals surface area contributed by atoms with Crippen LogP contribution in [0.3, 0.4) is 0 Å². The lowest BCUT2D eigenvalue weighted by Gasteiger charge is -2.18. The Hall–Kier alpha value is -3.12. The Balaban J connectivity index is 1.61. The molecule has 1 atom stereocenters. The van der Waals surface area contributed by atoms with Crippen molar-refractivity contribution in [1.29, 1.82) is 0 Å². The second-order valence-corrected chi connectivity index (χ2v) is 8.68. The summed E-state index contributed by atoms with van der Waals surface area (Å²) in [6, 6.07) is 3.21. The van der Waals surface area contributed by atoms with Crippen molar-refractivity contribution in [2.45, 2.75) is 19.4 Å². The van der Waals surface area contributed by atoms with E-state index in [4.69, 9.17) is 9.47 Å². The van der Waals surface area contributed by atoms with Gasteiger partial charge in [-0.2, -0.15) is 0 Å². The number of rotatable bonds is 7. The van der Waals surface area contributed by atoms with E-state index in [9.17, 15) is 8.42 Å². The molecule has 3 aromatic heterocycles. The first-order valence-corrected chi connectivity index (χ1v) is 10.9. The lowest BCUT2D eigenvalue weighted by atomic mass is 10.2. The first-order valence-electron chi connectivity index (χ1n) is 9.27. The van der Waals surface area contributed by atoms with Gasteiger partial charge in [0.15, 0.2) is 5.82 Å². The molecule has 3 aromatic rings. The first-order chi connectivity index (χ1) is 14.5. The number of nitrogens with one attached hydrogen (secondary N) is 1. The van der Waals surface area contributed by atoms with Crippen LogP contribution >= 0.6 is 0 Å². The summed E-state index contributed by atoms with van der Waals surface area (Å²) < 4.78 is 40.7. The summed E-state index contributed by atoms with van der Waals surface area (Å²) in [4.78, 5) is 12.5. The third kappa shape index (κ3) is 4.24. The van der Waals surface area contributed by atoms with Crippen LogP contribution < -0.4 is 9.46 Å². The number of sulfonamides is 1. The van der Waals surface area contributed by atoms with Gasteiger partial charge in [-0.05, 0) is 24.6 Å². The summed E-state index contributed by atoms with van der Waals surface area (Å²) >= 11 is 0. The molecule has 11 nitrogen and oxygen atoms in total. The van der Waals surface area contributed by atoms with Gasteiger partial charge in [-0.3, -0.25) is 9.29 Å². The van der Waals surface area contributed by atoms with Gasteiger partial charge in [0.2, 0.25) is 21.9 Å². The lowest BCUT2D eigenvalue weighted by Crippen LogP contribution is -2.26. The Bertz CT molecular complexity index is 1130. The van der Waals surface area contributed by atoms with Crippen molar-refractivity contribution < 1.29 is 17.9 Å². The highest BCUT2D eigenvalue weighted by molar-refractivity contribution is 7.92. The van der Waals surface area contributed by atoms with Gasteiger partial charge in [0.1, 0.15) is 12.4 Å². The minimum Gasteiger partial charge on any atom is -0.475 e. The largest absolute Gasteiger partial charge is 0.475 e. The molecular weight excluding hydrogens is 410 g/mol. The number of pyridine rings is 1. The molecule has 158 valence electrons. The van der Waals surface area contributed by atoms with Crippen LogP contribution in [0, 0.1) is 6.92 Å². The highest BCUT2D eigenvalue weighted by Gasteiger charge is 2.30. The van der Waals surface area contributed by atoms with E-state index in [1.165, 1.54) is 0 Å². The fourth-order valence-electron chi connectivity index (χ4n) is 3.10. The van der Waals surface area contributed by atoms with Crippen molar-refractivity contribution in [1.82, 2.24) is 29.7 Å². The van der Waals surface area contributed by atoms with Gasteiger partial charge in [0, 0.05) is 32.1 Å². The van der Waals surface area contributed by atoms with Gasteiger partial charge in [0.25, 0.3) is 0 Å². The molecule has 1 aliphatic rings. The highest BCUT2D eigenvalue weighted by Crippen LogP contribution is 2.34. The molecule has 0 unspecified atom stereocenters. The Morgan fingerprint density at radius 1 is 1.27 bits per heavy atom. The highest BCUT2D eigenvalue weighted by atomic mass is 32.2. The molecule has 0 radical (unpaired) electrons. The fourth-order valence-corrected chi connectivity index (χ4v) is 4.07. The summed E-state index contributed by atoms with van der Waals surface area (Å²) in [6.45, 7) is 2.38. The standard InChI is InChI=1S/C18H21N7O4S/c1-12-8-20-15(21-9-12)5-7-30(26,27)24-18-23-22-16-14-4-3-6-19-17(14)29-11-13(10-28-2)25(16)18/h3-4,6,8-9,13H,5,7,10-11H2,1-2H3,(H,23,24)/t13-/m0/s1. The number of aromatic nitrogens is 6. The van der Waals surface area contributed by atoms with Gasteiger partial charge in [-0.1, -0.05) is 0 Å². The minimum atomic E-state index is -3.72. The number of anilines is 1. The molecule has 0 bridgehead atoms. The van der Waals surface area contributed by atoms with Crippen LogP contribution in [-0.2, 0) is 21.2 Å². The predicted octanol–water partition coefficient (Wildman–Crippen LogP) is 1.00. The summed E-state index contributed by atoms with van der Waals surface area (Å²) in [6.07, 6.45) is 5.10. The fraction of sp³-hybridized carbons (Fsp3) is 0.389. The van der Waals surface area contributed by atoms with Gasteiger partial charge >= 0.3 is 0 Å².